The number of hydrogen-bond donors (Lipinski definition) is 0. The van der Waals surface area contributed by atoms with E-state index in [-0.39, 0.29) is 5.82 Å². The van der Waals surface area contributed by atoms with Gasteiger partial charge in [0.15, 0.2) is 0 Å². The molecule has 2 rings (SSSR count). The summed E-state index contributed by atoms with van der Waals surface area (Å²) >= 11 is 5.69. The predicted octanol–water partition coefficient (Wildman–Crippen LogP) is 4.45. The fourth-order valence-electron chi connectivity index (χ4n) is 1.46. The second kappa shape index (κ2) is 4.03. The minimum absolute atomic E-state index is 0.286. The lowest BCUT2D eigenvalue weighted by Gasteiger charge is -2.04. The number of hydrogen-bond acceptors (Lipinski definition) is 0. The molecule has 0 aliphatic rings. The molecule has 0 fully saturated rings. The van der Waals surface area contributed by atoms with Crippen molar-refractivity contribution in [3.63, 3.8) is 0 Å². The summed E-state index contributed by atoms with van der Waals surface area (Å²) in [7, 11) is 0. The van der Waals surface area contributed by atoms with E-state index in [4.69, 9.17) is 11.6 Å². The minimum Gasteiger partial charge on any atom is -0.206 e. The molecule has 2 heteroatoms. The van der Waals surface area contributed by atoms with Crippen molar-refractivity contribution < 1.29 is 4.39 Å². The maximum absolute atomic E-state index is 13.6. The van der Waals surface area contributed by atoms with E-state index in [1.165, 1.54) is 6.07 Å². The van der Waals surface area contributed by atoms with E-state index in [0.29, 0.717) is 10.6 Å². The van der Waals surface area contributed by atoms with Gasteiger partial charge in [0.05, 0.1) is 0 Å². The maximum atomic E-state index is 13.6. The summed E-state index contributed by atoms with van der Waals surface area (Å²) in [5, 5.41) is 0.420. The number of benzene rings is 2. The first-order valence-corrected chi connectivity index (χ1v) is 5.07. The van der Waals surface area contributed by atoms with Crippen LogP contribution in [0.5, 0.6) is 0 Å². The summed E-state index contributed by atoms with van der Waals surface area (Å²) < 4.78 is 13.6. The SMILES string of the molecule is Cc1ccc(-c2ccc(Cl)cc2F)cc1. The van der Waals surface area contributed by atoms with E-state index in [1.807, 2.05) is 31.2 Å². The lowest BCUT2D eigenvalue weighted by atomic mass is 10.0. The Morgan fingerprint density at radius 1 is 1.00 bits per heavy atom. The zero-order chi connectivity index (χ0) is 10.8. The van der Waals surface area contributed by atoms with Crippen LogP contribution in [-0.2, 0) is 0 Å². The topological polar surface area (TPSA) is 0 Å². The molecule has 76 valence electrons. The molecule has 0 atom stereocenters. The van der Waals surface area contributed by atoms with Crippen LogP contribution in [-0.4, -0.2) is 0 Å². The van der Waals surface area contributed by atoms with Gasteiger partial charge in [-0.1, -0.05) is 41.4 Å². The zero-order valence-corrected chi connectivity index (χ0v) is 9.05. The lowest BCUT2D eigenvalue weighted by Crippen LogP contribution is -1.84. The molecule has 0 bridgehead atoms. The third kappa shape index (κ3) is 2.18. The Labute approximate surface area is 93.3 Å². The molecule has 15 heavy (non-hydrogen) atoms. The van der Waals surface area contributed by atoms with Crippen molar-refractivity contribution in [2.45, 2.75) is 6.92 Å². The highest BCUT2D eigenvalue weighted by molar-refractivity contribution is 6.30. The quantitative estimate of drug-likeness (QED) is 0.666. The van der Waals surface area contributed by atoms with Crippen LogP contribution in [0.1, 0.15) is 5.56 Å². The summed E-state index contributed by atoms with van der Waals surface area (Å²) in [4.78, 5) is 0. The first-order valence-electron chi connectivity index (χ1n) is 4.69. The van der Waals surface area contributed by atoms with Gasteiger partial charge in [-0.15, -0.1) is 0 Å². The van der Waals surface area contributed by atoms with Crippen LogP contribution < -0.4 is 0 Å². The van der Waals surface area contributed by atoms with Crippen molar-refractivity contribution in [2.75, 3.05) is 0 Å². The molecule has 0 spiro atoms. The van der Waals surface area contributed by atoms with Crippen LogP contribution in [0.2, 0.25) is 5.02 Å². The van der Waals surface area contributed by atoms with Gasteiger partial charge in [-0.25, -0.2) is 4.39 Å². The highest BCUT2D eigenvalue weighted by Crippen LogP contribution is 2.25. The molecule has 0 aromatic heterocycles. The van der Waals surface area contributed by atoms with Gasteiger partial charge in [-0.05, 0) is 30.7 Å². The van der Waals surface area contributed by atoms with Crippen LogP contribution in [0, 0.1) is 12.7 Å². The third-order valence-corrected chi connectivity index (χ3v) is 2.53. The Morgan fingerprint density at radius 3 is 2.27 bits per heavy atom. The minimum atomic E-state index is -0.286. The predicted molar refractivity (Wildman–Crippen MR) is 61.6 cm³/mol. The Balaban J connectivity index is 2.49. The van der Waals surface area contributed by atoms with Crippen LogP contribution in [0.3, 0.4) is 0 Å². The van der Waals surface area contributed by atoms with Crippen molar-refractivity contribution in [1.82, 2.24) is 0 Å². The molecular formula is C13H10ClF. The van der Waals surface area contributed by atoms with Crippen molar-refractivity contribution in [3.8, 4) is 11.1 Å². The molecular weight excluding hydrogens is 211 g/mol. The van der Waals surface area contributed by atoms with Crippen LogP contribution in [0.25, 0.3) is 11.1 Å². The van der Waals surface area contributed by atoms with E-state index >= 15 is 0 Å². The van der Waals surface area contributed by atoms with Gasteiger partial charge in [0.1, 0.15) is 5.82 Å². The maximum Gasteiger partial charge on any atom is 0.132 e. The van der Waals surface area contributed by atoms with E-state index in [0.717, 1.165) is 11.1 Å². The van der Waals surface area contributed by atoms with Gasteiger partial charge in [-0.3, -0.25) is 0 Å². The average molecular weight is 221 g/mol. The molecule has 0 nitrogen and oxygen atoms in total. The van der Waals surface area contributed by atoms with Crippen molar-refractivity contribution in [1.29, 1.82) is 0 Å². The van der Waals surface area contributed by atoms with Crippen molar-refractivity contribution in [3.05, 3.63) is 58.9 Å². The van der Waals surface area contributed by atoms with Crippen LogP contribution in [0.4, 0.5) is 4.39 Å². The fraction of sp³-hybridized carbons (Fsp3) is 0.0769. The summed E-state index contributed by atoms with van der Waals surface area (Å²) in [6.07, 6.45) is 0. The summed E-state index contributed by atoms with van der Waals surface area (Å²) in [6.45, 7) is 2.00. The summed E-state index contributed by atoms with van der Waals surface area (Å²) in [5.41, 5.74) is 2.61. The Morgan fingerprint density at radius 2 is 1.67 bits per heavy atom. The largest absolute Gasteiger partial charge is 0.206 e. The number of aryl methyl sites for hydroxylation is 1. The fourth-order valence-corrected chi connectivity index (χ4v) is 1.62. The molecule has 0 saturated carbocycles. The van der Waals surface area contributed by atoms with Gasteiger partial charge in [0.2, 0.25) is 0 Å². The van der Waals surface area contributed by atoms with Gasteiger partial charge in [-0.2, -0.15) is 0 Å². The Kier molecular flexibility index (Phi) is 2.74. The zero-order valence-electron chi connectivity index (χ0n) is 8.30. The molecule has 0 aliphatic carbocycles. The Bertz CT molecular complexity index is 474. The first kappa shape index (κ1) is 10.2. The van der Waals surface area contributed by atoms with E-state index in [2.05, 4.69) is 0 Å². The Hall–Kier alpha value is -1.34. The highest BCUT2D eigenvalue weighted by atomic mass is 35.5. The van der Waals surface area contributed by atoms with Crippen LogP contribution >= 0.6 is 11.6 Å². The van der Waals surface area contributed by atoms with E-state index in [1.54, 1.807) is 12.1 Å². The molecule has 0 radical (unpaired) electrons. The van der Waals surface area contributed by atoms with Gasteiger partial charge in [0, 0.05) is 10.6 Å². The lowest BCUT2D eigenvalue weighted by molar-refractivity contribution is 0.631. The molecule has 0 heterocycles. The molecule has 0 saturated heterocycles. The first-order chi connectivity index (χ1) is 7.16. The monoisotopic (exact) mass is 220 g/mol. The van der Waals surface area contributed by atoms with Gasteiger partial charge >= 0.3 is 0 Å². The second-order valence-corrected chi connectivity index (χ2v) is 3.93. The third-order valence-electron chi connectivity index (χ3n) is 2.29. The second-order valence-electron chi connectivity index (χ2n) is 3.49. The summed E-state index contributed by atoms with van der Waals surface area (Å²) in [6, 6.07) is 12.5. The summed E-state index contributed by atoms with van der Waals surface area (Å²) in [5.74, 6) is -0.286. The smallest absolute Gasteiger partial charge is 0.132 e. The van der Waals surface area contributed by atoms with Gasteiger partial charge in [0.25, 0.3) is 0 Å². The molecule has 0 amide bonds. The molecule has 2 aromatic carbocycles. The van der Waals surface area contributed by atoms with E-state index < -0.39 is 0 Å². The standard InChI is InChI=1S/C13H10ClF/c1-9-2-4-10(5-3-9)12-7-6-11(14)8-13(12)15/h2-8H,1H3. The van der Waals surface area contributed by atoms with Crippen molar-refractivity contribution >= 4 is 11.6 Å². The van der Waals surface area contributed by atoms with Gasteiger partial charge < -0.3 is 0 Å². The number of halogens is 2. The molecule has 2 aromatic rings. The van der Waals surface area contributed by atoms with Crippen LogP contribution in [0.15, 0.2) is 42.5 Å². The average Bonchev–Trinajstić information content (AvgIpc) is 2.20. The number of rotatable bonds is 1. The molecule has 0 N–H and O–H groups in total. The highest BCUT2D eigenvalue weighted by Gasteiger charge is 2.04. The van der Waals surface area contributed by atoms with E-state index in [9.17, 15) is 4.39 Å². The van der Waals surface area contributed by atoms with Crippen molar-refractivity contribution in [2.24, 2.45) is 0 Å². The normalized spacial score (nSPS) is 10.3. The molecule has 0 unspecified atom stereocenters. The molecule has 0 aliphatic heterocycles.